The Morgan fingerprint density at radius 1 is 1.05 bits per heavy atom. The predicted molar refractivity (Wildman–Crippen MR) is 84.3 cm³/mol. The minimum atomic E-state index is 0.730. The Hall–Kier alpha value is -2.75. The molecular weight excluding hydrogens is 262 g/mol. The molecule has 0 aliphatic rings. The molecule has 0 aliphatic heterocycles. The fourth-order valence-electron chi connectivity index (χ4n) is 2.23. The van der Waals surface area contributed by atoms with Gasteiger partial charge in [-0.2, -0.15) is 5.10 Å². The van der Waals surface area contributed by atoms with Crippen LogP contribution in [-0.4, -0.2) is 17.3 Å². The summed E-state index contributed by atoms with van der Waals surface area (Å²) in [6.07, 6.45) is 1.75. The number of aromatic amines is 1. The summed E-state index contributed by atoms with van der Waals surface area (Å²) in [5, 5.41) is 10.3. The normalized spacial score (nSPS) is 10.3. The van der Waals surface area contributed by atoms with Gasteiger partial charge in [-0.1, -0.05) is 30.3 Å². The molecule has 2 N–H and O–H groups in total. The summed E-state index contributed by atoms with van der Waals surface area (Å²) in [6.45, 7) is 0.730. The molecule has 106 valence electrons. The van der Waals surface area contributed by atoms with Crippen LogP contribution in [0.2, 0.25) is 0 Å². The first-order valence-electron chi connectivity index (χ1n) is 6.82. The van der Waals surface area contributed by atoms with Gasteiger partial charge in [-0.15, -0.1) is 0 Å². The van der Waals surface area contributed by atoms with E-state index in [0.717, 1.165) is 34.8 Å². The number of nitrogens with one attached hydrogen (secondary N) is 2. The molecule has 0 radical (unpaired) electrons. The van der Waals surface area contributed by atoms with Crippen molar-refractivity contribution in [1.82, 2.24) is 10.2 Å². The summed E-state index contributed by atoms with van der Waals surface area (Å²) in [6, 6.07) is 18.2. The topological polar surface area (TPSA) is 49.9 Å². The third-order valence-electron chi connectivity index (χ3n) is 3.37. The number of aromatic nitrogens is 2. The quantitative estimate of drug-likeness (QED) is 0.748. The summed E-state index contributed by atoms with van der Waals surface area (Å²) in [5.74, 6) is 0.902. The van der Waals surface area contributed by atoms with Crippen molar-refractivity contribution in [1.29, 1.82) is 0 Å². The standard InChI is InChI=1S/C17H17N3O/c1-21-17-5-3-2-4-14(17)12-18-15-8-6-13(7-9-15)16-10-11-19-20-16/h2-11,18H,12H2,1H3,(H,19,20). The van der Waals surface area contributed by atoms with Crippen LogP contribution in [0, 0.1) is 0 Å². The second-order valence-electron chi connectivity index (χ2n) is 4.71. The van der Waals surface area contributed by atoms with E-state index in [4.69, 9.17) is 4.74 Å². The fourth-order valence-corrected chi connectivity index (χ4v) is 2.23. The summed E-state index contributed by atoms with van der Waals surface area (Å²) in [5.41, 5.74) is 4.35. The molecule has 3 rings (SSSR count). The zero-order chi connectivity index (χ0) is 14.5. The Bertz CT molecular complexity index is 690. The van der Waals surface area contributed by atoms with Crippen LogP contribution in [0.25, 0.3) is 11.3 Å². The van der Waals surface area contributed by atoms with Gasteiger partial charge < -0.3 is 10.1 Å². The van der Waals surface area contributed by atoms with E-state index in [1.54, 1.807) is 13.3 Å². The third-order valence-corrected chi connectivity index (χ3v) is 3.37. The Labute approximate surface area is 123 Å². The van der Waals surface area contributed by atoms with Crippen LogP contribution in [0.5, 0.6) is 5.75 Å². The van der Waals surface area contributed by atoms with Crippen LogP contribution in [0.1, 0.15) is 5.56 Å². The van der Waals surface area contributed by atoms with E-state index in [9.17, 15) is 0 Å². The molecule has 1 aromatic heterocycles. The van der Waals surface area contributed by atoms with Crippen LogP contribution in [-0.2, 0) is 6.54 Å². The first-order chi connectivity index (χ1) is 10.4. The van der Waals surface area contributed by atoms with Crippen LogP contribution in [0.4, 0.5) is 5.69 Å². The van der Waals surface area contributed by atoms with Crippen molar-refractivity contribution in [3.8, 4) is 17.0 Å². The van der Waals surface area contributed by atoms with Crippen LogP contribution in [0.15, 0.2) is 60.8 Å². The molecule has 1 heterocycles. The van der Waals surface area contributed by atoms with Gasteiger partial charge in [-0.25, -0.2) is 0 Å². The zero-order valence-electron chi connectivity index (χ0n) is 11.8. The Morgan fingerprint density at radius 3 is 2.57 bits per heavy atom. The SMILES string of the molecule is COc1ccccc1CNc1ccc(-c2ccn[nH]2)cc1. The molecule has 0 unspecified atom stereocenters. The number of anilines is 1. The van der Waals surface area contributed by atoms with Gasteiger partial charge in [-0.3, -0.25) is 5.10 Å². The number of methoxy groups -OCH3 is 1. The zero-order valence-corrected chi connectivity index (χ0v) is 11.8. The van der Waals surface area contributed by atoms with Crippen LogP contribution >= 0.6 is 0 Å². The van der Waals surface area contributed by atoms with Gasteiger partial charge in [0.05, 0.1) is 12.8 Å². The first-order valence-corrected chi connectivity index (χ1v) is 6.82. The number of ether oxygens (including phenoxy) is 1. The Kier molecular flexibility index (Phi) is 3.87. The maximum absolute atomic E-state index is 5.35. The monoisotopic (exact) mass is 279 g/mol. The first kappa shape index (κ1) is 13.2. The molecule has 0 fully saturated rings. The highest BCUT2D eigenvalue weighted by molar-refractivity contribution is 5.62. The van der Waals surface area contributed by atoms with Gasteiger partial charge >= 0.3 is 0 Å². The summed E-state index contributed by atoms with van der Waals surface area (Å²) in [7, 11) is 1.69. The van der Waals surface area contributed by atoms with E-state index in [1.165, 1.54) is 0 Å². The lowest BCUT2D eigenvalue weighted by Crippen LogP contribution is -2.01. The molecule has 2 aromatic carbocycles. The highest BCUT2D eigenvalue weighted by atomic mass is 16.5. The highest BCUT2D eigenvalue weighted by Crippen LogP contribution is 2.21. The molecule has 21 heavy (non-hydrogen) atoms. The molecular formula is C17H17N3O. The van der Waals surface area contributed by atoms with E-state index < -0.39 is 0 Å². The second kappa shape index (κ2) is 6.13. The second-order valence-corrected chi connectivity index (χ2v) is 4.71. The van der Waals surface area contributed by atoms with Gasteiger partial charge in [0.2, 0.25) is 0 Å². The van der Waals surface area contributed by atoms with Crippen molar-refractivity contribution in [3.05, 3.63) is 66.4 Å². The van der Waals surface area contributed by atoms with Crippen molar-refractivity contribution in [2.24, 2.45) is 0 Å². The van der Waals surface area contributed by atoms with E-state index in [2.05, 4.69) is 45.8 Å². The van der Waals surface area contributed by atoms with Crippen LogP contribution < -0.4 is 10.1 Å². The molecule has 0 aliphatic carbocycles. The molecule has 0 spiro atoms. The van der Waals surface area contributed by atoms with Crippen molar-refractivity contribution in [3.63, 3.8) is 0 Å². The molecule has 0 saturated heterocycles. The molecule has 3 aromatic rings. The predicted octanol–water partition coefficient (Wildman–Crippen LogP) is 3.70. The van der Waals surface area contributed by atoms with Gasteiger partial charge in [0.25, 0.3) is 0 Å². The summed E-state index contributed by atoms with van der Waals surface area (Å²) < 4.78 is 5.35. The van der Waals surface area contributed by atoms with Gasteiger partial charge in [0.15, 0.2) is 0 Å². The minimum Gasteiger partial charge on any atom is -0.496 e. The van der Waals surface area contributed by atoms with Crippen molar-refractivity contribution >= 4 is 5.69 Å². The fraction of sp³-hybridized carbons (Fsp3) is 0.118. The number of benzene rings is 2. The largest absolute Gasteiger partial charge is 0.496 e. The smallest absolute Gasteiger partial charge is 0.123 e. The molecule has 0 amide bonds. The maximum Gasteiger partial charge on any atom is 0.123 e. The number of H-pyrrole nitrogens is 1. The van der Waals surface area contributed by atoms with Gasteiger partial charge in [-0.05, 0) is 29.8 Å². The molecule has 4 heteroatoms. The minimum absolute atomic E-state index is 0.730. The van der Waals surface area contributed by atoms with E-state index in [0.29, 0.717) is 0 Å². The molecule has 0 saturated carbocycles. The third kappa shape index (κ3) is 3.05. The van der Waals surface area contributed by atoms with E-state index in [1.807, 2.05) is 24.3 Å². The lowest BCUT2D eigenvalue weighted by Gasteiger charge is -2.10. The number of nitrogens with zero attached hydrogens (tertiary/aromatic N) is 1. The van der Waals surface area contributed by atoms with Gasteiger partial charge in [0, 0.05) is 24.0 Å². The number of rotatable bonds is 5. The Balaban J connectivity index is 1.68. The number of hydrogen-bond acceptors (Lipinski definition) is 3. The number of para-hydroxylation sites is 1. The van der Waals surface area contributed by atoms with E-state index >= 15 is 0 Å². The average molecular weight is 279 g/mol. The Morgan fingerprint density at radius 2 is 1.86 bits per heavy atom. The summed E-state index contributed by atoms with van der Waals surface area (Å²) in [4.78, 5) is 0. The highest BCUT2D eigenvalue weighted by Gasteiger charge is 2.02. The summed E-state index contributed by atoms with van der Waals surface area (Å²) >= 11 is 0. The molecule has 0 bridgehead atoms. The molecule has 0 atom stereocenters. The maximum atomic E-state index is 5.35. The lowest BCUT2D eigenvalue weighted by molar-refractivity contribution is 0.410. The van der Waals surface area contributed by atoms with Crippen molar-refractivity contribution in [2.45, 2.75) is 6.54 Å². The van der Waals surface area contributed by atoms with Crippen molar-refractivity contribution in [2.75, 3.05) is 12.4 Å². The van der Waals surface area contributed by atoms with Crippen molar-refractivity contribution < 1.29 is 4.74 Å². The molecule has 4 nitrogen and oxygen atoms in total. The van der Waals surface area contributed by atoms with Crippen LogP contribution in [0.3, 0.4) is 0 Å². The van der Waals surface area contributed by atoms with E-state index in [-0.39, 0.29) is 0 Å². The van der Waals surface area contributed by atoms with Gasteiger partial charge in [0.1, 0.15) is 5.75 Å². The lowest BCUT2D eigenvalue weighted by atomic mass is 10.1. The average Bonchev–Trinajstić information content (AvgIpc) is 3.08. The number of hydrogen-bond donors (Lipinski definition) is 2.